The maximum Gasteiger partial charge on any atom is 0.387 e. The summed E-state index contributed by atoms with van der Waals surface area (Å²) < 4.78 is 34.4. The van der Waals surface area contributed by atoms with E-state index in [1.54, 1.807) is 24.3 Å². The molecule has 6 nitrogen and oxygen atoms in total. The largest absolute Gasteiger partial charge is 0.495 e. The van der Waals surface area contributed by atoms with Gasteiger partial charge in [0.1, 0.15) is 11.5 Å². The van der Waals surface area contributed by atoms with Crippen molar-refractivity contribution in [2.45, 2.75) is 13.0 Å². The molecule has 8 heteroatoms. The fourth-order valence-corrected chi connectivity index (χ4v) is 2.37. The third-order valence-corrected chi connectivity index (χ3v) is 3.51. The van der Waals surface area contributed by atoms with E-state index in [0.717, 1.165) is 0 Å². The predicted molar refractivity (Wildman–Crippen MR) is 91.6 cm³/mol. The van der Waals surface area contributed by atoms with Crippen molar-refractivity contribution in [2.24, 2.45) is 5.73 Å². The molecule has 0 saturated carbocycles. The van der Waals surface area contributed by atoms with Gasteiger partial charge in [0.2, 0.25) is 5.91 Å². The molecule has 0 aliphatic carbocycles. The average molecular weight is 364 g/mol. The zero-order valence-electron chi connectivity index (χ0n) is 14.0. The van der Waals surface area contributed by atoms with Crippen molar-refractivity contribution in [1.29, 1.82) is 0 Å². The van der Waals surface area contributed by atoms with Crippen molar-refractivity contribution in [2.75, 3.05) is 18.6 Å². The highest BCUT2D eigenvalue weighted by Crippen LogP contribution is 2.29. The van der Waals surface area contributed by atoms with Gasteiger partial charge in [-0.3, -0.25) is 9.59 Å². The molecule has 0 atom stereocenters. The molecule has 0 aliphatic heterocycles. The van der Waals surface area contributed by atoms with E-state index in [-0.39, 0.29) is 24.3 Å². The number of benzene rings is 2. The minimum absolute atomic E-state index is 0.00840. The number of nitrogens with zero attached hydrogens (tertiary/aromatic N) is 1. The summed E-state index contributed by atoms with van der Waals surface area (Å²) in [6.45, 7) is -2.99. The lowest BCUT2D eigenvalue weighted by Crippen LogP contribution is -2.34. The van der Waals surface area contributed by atoms with E-state index in [1.165, 1.54) is 36.3 Å². The first-order valence-corrected chi connectivity index (χ1v) is 7.70. The monoisotopic (exact) mass is 364 g/mol. The average Bonchev–Trinajstić information content (AvgIpc) is 2.61. The van der Waals surface area contributed by atoms with Crippen LogP contribution >= 0.6 is 0 Å². The molecule has 2 rings (SSSR count). The van der Waals surface area contributed by atoms with Crippen LogP contribution in [-0.2, 0) is 4.79 Å². The molecule has 2 aromatic carbocycles. The van der Waals surface area contributed by atoms with E-state index in [4.69, 9.17) is 10.5 Å². The number of para-hydroxylation sites is 2. The highest BCUT2D eigenvalue weighted by atomic mass is 19.3. The van der Waals surface area contributed by atoms with Gasteiger partial charge >= 0.3 is 6.61 Å². The molecule has 0 aliphatic rings. The van der Waals surface area contributed by atoms with Crippen LogP contribution in [0.2, 0.25) is 0 Å². The Labute approximate surface area is 149 Å². The minimum atomic E-state index is -3.00. The number of amides is 2. The van der Waals surface area contributed by atoms with Crippen molar-refractivity contribution < 1.29 is 27.8 Å². The van der Waals surface area contributed by atoms with Gasteiger partial charge in [0.15, 0.2) is 0 Å². The van der Waals surface area contributed by atoms with Gasteiger partial charge in [0, 0.05) is 18.5 Å². The number of anilines is 1. The van der Waals surface area contributed by atoms with Gasteiger partial charge in [0.25, 0.3) is 5.91 Å². The Kier molecular flexibility index (Phi) is 6.48. The molecule has 2 aromatic rings. The van der Waals surface area contributed by atoms with Crippen LogP contribution in [0.4, 0.5) is 14.5 Å². The number of hydrogen-bond acceptors (Lipinski definition) is 4. The standard InChI is InChI=1S/C18H18F2N2O4/c1-25-15-8-3-2-7-14(15)22(10-9-16(21)23)17(24)12-5-4-6-13(11-12)26-18(19)20/h2-8,11,18H,9-10H2,1H3,(H2,21,23). The molecule has 2 N–H and O–H groups in total. The second-order valence-electron chi connectivity index (χ2n) is 5.25. The summed E-state index contributed by atoms with van der Waals surface area (Å²) in [7, 11) is 1.45. The lowest BCUT2D eigenvalue weighted by atomic mass is 10.1. The highest BCUT2D eigenvalue weighted by molar-refractivity contribution is 6.07. The SMILES string of the molecule is COc1ccccc1N(CCC(N)=O)C(=O)c1cccc(OC(F)F)c1. The molecule has 0 saturated heterocycles. The van der Waals surface area contributed by atoms with E-state index in [9.17, 15) is 18.4 Å². The molecule has 0 bridgehead atoms. The molecule has 0 heterocycles. The first-order valence-electron chi connectivity index (χ1n) is 7.70. The Morgan fingerprint density at radius 1 is 1.15 bits per heavy atom. The number of primary amides is 1. The fourth-order valence-electron chi connectivity index (χ4n) is 2.37. The molecule has 0 radical (unpaired) electrons. The smallest absolute Gasteiger partial charge is 0.387 e. The van der Waals surface area contributed by atoms with E-state index in [2.05, 4.69) is 4.74 Å². The summed E-state index contributed by atoms with van der Waals surface area (Å²) >= 11 is 0. The molecule has 2 amide bonds. The summed E-state index contributed by atoms with van der Waals surface area (Å²) in [5.74, 6) is -0.797. The normalized spacial score (nSPS) is 10.5. The van der Waals surface area contributed by atoms with Crippen molar-refractivity contribution >= 4 is 17.5 Å². The lowest BCUT2D eigenvalue weighted by Gasteiger charge is -2.24. The number of rotatable bonds is 8. The third kappa shape index (κ3) is 4.92. The highest BCUT2D eigenvalue weighted by Gasteiger charge is 2.22. The van der Waals surface area contributed by atoms with Crippen LogP contribution in [0.1, 0.15) is 16.8 Å². The van der Waals surface area contributed by atoms with Crippen LogP contribution in [0, 0.1) is 0 Å². The number of hydrogen-bond donors (Lipinski definition) is 1. The van der Waals surface area contributed by atoms with Crippen LogP contribution < -0.4 is 20.1 Å². The Morgan fingerprint density at radius 3 is 2.54 bits per heavy atom. The van der Waals surface area contributed by atoms with Crippen molar-refractivity contribution in [3.8, 4) is 11.5 Å². The first-order chi connectivity index (χ1) is 12.4. The number of nitrogens with two attached hydrogens (primary N) is 1. The maximum absolute atomic E-state index is 12.9. The van der Waals surface area contributed by atoms with E-state index < -0.39 is 18.4 Å². The Morgan fingerprint density at radius 2 is 1.88 bits per heavy atom. The van der Waals surface area contributed by atoms with Crippen molar-refractivity contribution in [3.63, 3.8) is 0 Å². The number of alkyl halides is 2. The van der Waals surface area contributed by atoms with E-state index in [0.29, 0.717) is 11.4 Å². The minimum Gasteiger partial charge on any atom is -0.495 e. The first kappa shape index (κ1) is 19.2. The summed E-state index contributed by atoms with van der Waals surface area (Å²) in [5, 5.41) is 0. The van der Waals surface area contributed by atoms with Crippen molar-refractivity contribution in [1.82, 2.24) is 0 Å². The Bertz CT molecular complexity index is 783. The maximum atomic E-state index is 12.9. The summed E-state index contributed by atoms with van der Waals surface area (Å²) in [6.07, 6.45) is -0.0724. The van der Waals surface area contributed by atoms with Crippen LogP contribution in [0.5, 0.6) is 11.5 Å². The Balaban J connectivity index is 2.38. The van der Waals surface area contributed by atoms with Gasteiger partial charge in [0.05, 0.1) is 12.8 Å². The summed E-state index contributed by atoms with van der Waals surface area (Å²) in [6, 6.07) is 12.2. The fraction of sp³-hybridized carbons (Fsp3) is 0.222. The molecule has 0 spiro atoms. The van der Waals surface area contributed by atoms with Crippen LogP contribution in [-0.4, -0.2) is 32.1 Å². The van der Waals surface area contributed by atoms with Gasteiger partial charge in [-0.25, -0.2) is 0 Å². The summed E-state index contributed by atoms with van der Waals surface area (Å²) in [5.41, 5.74) is 5.75. The Hall–Kier alpha value is -3.16. The quantitative estimate of drug-likeness (QED) is 0.781. The second-order valence-corrected chi connectivity index (χ2v) is 5.25. The zero-order chi connectivity index (χ0) is 19.1. The van der Waals surface area contributed by atoms with E-state index >= 15 is 0 Å². The number of carbonyl (C=O) groups excluding carboxylic acids is 2. The number of ether oxygens (including phenoxy) is 2. The van der Waals surface area contributed by atoms with Crippen LogP contribution in [0.25, 0.3) is 0 Å². The molecular formula is C18H18F2N2O4. The van der Waals surface area contributed by atoms with Gasteiger partial charge in [-0.15, -0.1) is 0 Å². The molecule has 0 aromatic heterocycles. The van der Waals surface area contributed by atoms with Gasteiger partial charge < -0.3 is 20.1 Å². The van der Waals surface area contributed by atoms with Crippen LogP contribution in [0.3, 0.4) is 0 Å². The zero-order valence-corrected chi connectivity index (χ0v) is 14.0. The lowest BCUT2D eigenvalue weighted by molar-refractivity contribution is -0.117. The molecule has 0 unspecified atom stereocenters. The topological polar surface area (TPSA) is 81.9 Å². The van der Waals surface area contributed by atoms with Crippen molar-refractivity contribution in [3.05, 3.63) is 54.1 Å². The number of halogens is 2. The number of carbonyl (C=O) groups is 2. The third-order valence-electron chi connectivity index (χ3n) is 3.51. The molecular weight excluding hydrogens is 346 g/mol. The molecule has 138 valence electrons. The van der Waals surface area contributed by atoms with Gasteiger partial charge in [-0.05, 0) is 30.3 Å². The van der Waals surface area contributed by atoms with E-state index in [1.807, 2.05) is 0 Å². The molecule has 26 heavy (non-hydrogen) atoms. The number of methoxy groups -OCH3 is 1. The van der Waals surface area contributed by atoms with Gasteiger partial charge in [-0.2, -0.15) is 8.78 Å². The van der Waals surface area contributed by atoms with Gasteiger partial charge in [-0.1, -0.05) is 18.2 Å². The second kappa shape index (κ2) is 8.80. The van der Waals surface area contributed by atoms with Crippen LogP contribution in [0.15, 0.2) is 48.5 Å². The molecule has 0 fully saturated rings. The predicted octanol–water partition coefficient (Wildman–Crippen LogP) is 2.82. The summed E-state index contributed by atoms with van der Waals surface area (Å²) in [4.78, 5) is 25.4.